The lowest BCUT2D eigenvalue weighted by Crippen LogP contribution is -2.30. The summed E-state index contributed by atoms with van der Waals surface area (Å²) in [7, 11) is 0. The van der Waals surface area contributed by atoms with Crippen LogP contribution in [0.5, 0.6) is 0 Å². The first-order valence-electron chi connectivity index (χ1n) is 5.44. The zero-order valence-corrected chi connectivity index (χ0v) is 9.57. The largest absolute Gasteiger partial charge is 0.458 e. The number of rotatable bonds is 3. The van der Waals surface area contributed by atoms with E-state index in [1.54, 1.807) is 6.26 Å². The van der Waals surface area contributed by atoms with Gasteiger partial charge in [0.25, 0.3) is 0 Å². The van der Waals surface area contributed by atoms with Crippen molar-refractivity contribution in [3.63, 3.8) is 0 Å². The number of hydrogen-bond donors (Lipinski definition) is 2. The lowest BCUT2D eigenvalue weighted by molar-refractivity contribution is 0.0924. The predicted molar refractivity (Wildman–Crippen MR) is 65.2 cm³/mol. The second kappa shape index (κ2) is 4.84. The quantitative estimate of drug-likeness (QED) is 0.482. The minimum atomic E-state index is -0.399. The highest BCUT2D eigenvalue weighted by Crippen LogP contribution is 2.28. The van der Waals surface area contributed by atoms with Gasteiger partial charge in [-0.3, -0.25) is 10.2 Å². The molecule has 0 aliphatic carbocycles. The molecule has 4 nitrogen and oxygen atoms in total. The van der Waals surface area contributed by atoms with Crippen molar-refractivity contribution in [3.05, 3.63) is 47.9 Å². The molecular formula is C13H14N2O2. The number of benzene rings is 1. The van der Waals surface area contributed by atoms with Crippen LogP contribution in [0.15, 0.2) is 41.0 Å². The Labute approximate surface area is 99.4 Å². The molecule has 17 heavy (non-hydrogen) atoms. The Bertz CT molecular complexity index is 517. The predicted octanol–water partition coefficient (Wildman–Crippen LogP) is 2.11. The van der Waals surface area contributed by atoms with Crippen LogP contribution in [0.3, 0.4) is 0 Å². The fraction of sp³-hybridized carbons (Fsp3) is 0.154. The van der Waals surface area contributed by atoms with E-state index >= 15 is 0 Å². The standard InChI is InChI=1S/C13H14N2O2/c1-2-10-11(9-6-4-3-5-7-9)8-17-12(10)13(16)15-14/h3-8H,2,14H2,1H3,(H,15,16). The van der Waals surface area contributed by atoms with Gasteiger partial charge in [0, 0.05) is 11.1 Å². The Morgan fingerprint density at radius 2 is 2.06 bits per heavy atom. The topological polar surface area (TPSA) is 68.3 Å². The van der Waals surface area contributed by atoms with Crippen LogP contribution in [-0.2, 0) is 6.42 Å². The highest BCUT2D eigenvalue weighted by Gasteiger charge is 2.18. The second-order valence-corrected chi connectivity index (χ2v) is 3.65. The van der Waals surface area contributed by atoms with E-state index in [1.165, 1.54) is 0 Å². The lowest BCUT2D eigenvalue weighted by Gasteiger charge is -2.02. The Balaban J connectivity index is 2.50. The fourth-order valence-electron chi connectivity index (χ4n) is 1.85. The molecule has 1 aromatic heterocycles. The van der Waals surface area contributed by atoms with E-state index < -0.39 is 5.91 Å². The minimum absolute atomic E-state index is 0.286. The van der Waals surface area contributed by atoms with Gasteiger partial charge in [-0.25, -0.2) is 5.84 Å². The van der Waals surface area contributed by atoms with Gasteiger partial charge in [-0.15, -0.1) is 0 Å². The van der Waals surface area contributed by atoms with E-state index in [2.05, 4.69) is 5.43 Å². The van der Waals surface area contributed by atoms with Crippen molar-refractivity contribution in [3.8, 4) is 11.1 Å². The smallest absolute Gasteiger partial charge is 0.301 e. The van der Waals surface area contributed by atoms with Crippen molar-refractivity contribution in [2.24, 2.45) is 5.84 Å². The molecule has 0 spiro atoms. The molecule has 0 aliphatic heterocycles. The van der Waals surface area contributed by atoms with Gasteiger partial charge in [-0.1, -0.05) is 37.3 Å². The third-order valence-electron chi connectivity index (χ3n) is 2.67. The monoisotopic (exact) mass is 230 g/mol. The van der Waals surface area contributed by atoms with E-state index in [0.717, 1.165) is 16.7 Å². The summed E-state index contributed by atoms with van der Waals surface area (Å²) in [4.78, 5) is 11.5. The number of nitrogens with one attached hydrogen (secondary N) is 1. The minimum Gasteiger partial charge on any atom is -0.458 e. The molecule has 1 aromatic carbocycles. The molecule has 3 N–H and O–H groups in total. The summed E-state index contributed by atoms with van der Waals surface area (Å²) in [5.74, 6) is 5.00. The molecule has 0 bridgehead atoms. The molecule has 0 radical (unpaired) electrons. The van der Waals surface area contributed by atoms with Crippen LogP contribution >= 0.6 is 0 Å². The molecule has 2 aromatic rings. The summed E-state index contributed by atoms with van der Waals surface area (Å²) in [6.07, 6.45) is 2.31. The van der Waals surface area contributed by atoms with Crippen LogP contribution in [0.2, 0.25) is 0 Å². The van der Waals surface area contributed by atoms with E-state index in [9.17, 15) is 4.79 Å². The number of hydrogen-bond acceptors (Lipinski definition) is 3. The molecule has 0 unspecified atom stereocenters. The van der Waals surface area contributed by atoms with E-state index in [1.807, 2.05) is 37.3 Å². The van der Waals surface area contributed by atoms with Crippen LogP contribution < -0.4 is 11.3 Å². The normalized spacial score (nSPS) is 10.2. The third kappa shape index (κ3) is 2.07. The zero-order chi connectivity index (χ0) is 12.3. The van der Waals surface area contributed by atoms with Gasteiger partial charge in [0.15, 0.2) is 5.76 Å². The van der Waals surface area contributed by atoms with Crippen LogP contribution in [0.4, 0.5) is 0 Å². The Kier molecular flexibility index (Phi) is 3.25. The molecular weight excluding hydrogens is 216 g/mol. The molecule has 88 valence electrons. The summed E-state index contributed by atoms with van der Waals surface area (Å²) in [6.45, 7) is 1.98. The van der Waals surface area contributed by atoms with Crippen LogP contribution in [0, 0.1) is 0 Å². The first kappa shape index (κ1) is 11.4. The molecule has 1 amide bonds. The van der Waals surface area contributed by atoms with Crippen molar-refractivity contribution in [1.82, 2.24) is 5.43 Å². The number of nitrogen functional groups attached to an aromatic ring is 1. The number of nitrogens with two attached hydrogens (primary N) is 1. The average Bonchev–Trinajstić information content (AvgIpc) is 2.82. The molecule has 0 saturated heterocycles. The molecule has 0 atom stereocenters. The van der Waals surface area contributed by atoms with Crippen molar-refractivity contribution in [2.75, 3.05) is 0 Å². The van der Waals surface area contributed by atoms with Crippen LogP contribution in [-0.4, -0.2) is 5.91 Å². The van der Waals surface area contributed by atoms with E-state index in [0.29, 0.717) is 6.42 Å². The zero-order valence-electron chi connectivity index (χ0n) is 9.57. The van der Waals surface area contributed by atoms with Crippen molar-refractivity contribution in [2.45, 2.75) is 13.3 Å². The fourth-order valence-corrected chi connectivity index (χ4v) is 1.85. The summed E-state index contributed by atoms with van der Waals surface area (Å²) in [5, 5.41) is 0. The Hall–Kier alpha value is -2.07. The summed E-state index contributed by atoms with van der Waals surface area (Å²) in [5.41, 5.74) is 4.93. The highest BCUT2D eigenvalue weighted by atomic mass is 16.3. The third-order valence-corrected chi connectivity index (χ3v) is 2.67. The molecule has 1 heterocycles. The van der Waals surface area contributed by atoms with Gasteiger partial charge in [0.05, 0.1) is 6.26 Å². The molecule has 4 heteroatoms. The van der Waals surface area contributed by atoms with Gasteiger partial charge >= 0.3 is 5.91 Å². The molecule has 2 rings (SSSR count). The summed E-state index contributed by atoms with van der Waals surface area (Å²) >= 11 is 0. The van der Waals surface area contributed by atoms with Gasteiger partial charge in [0.1, 0.15) is 0 Å². The Morgan fingerprint density at radius 3 is 2.65 bits per heavy atom. The van der Waals surface area contributed by atoms with Crippen molar-refractivity contribution < 1.29 is 9.21 Å². The number of amides is 1. The lowest BCUT2D eigenvalue weighted by atomic mass is 10.0. The molecule has 0 fully saturated rings. The Morgan fingerprint density at radius 1 is 1.35 bits per heavy atom. The average molecular weight is 230 g/mol. The maximum Gasteiger partial charge on any atom is 0.301 e. The number of furan rings is 1. The maximum absolute atomic E-state index is 11.5. The number of carbonyl (C=O) groups is 1. The van der Waals surface area contributed by atoms with E-state index in [4.69, 9.17) is 10.3 Å². The van der Waals surface area contributed by atoms with Gasteiger partial charge < -0.3 is 4.42 Å². The highest BCUT2D eigenvalue weighted by molar-refractivity contribution is 5.94. The van der Waals surface area contributed by atoms with Gasteiger partial charge in [-0.05, 0) is 12.0 Å². The number of hydrazine groups is 1. The van der Waals surface area contributed by atoms with Crippen molar-refractivity contribution in [1.29, 1.82) is 0 Å². The van der Waals surface area contributed by atoms with Crippen LogP contribution in [0.1, 0.15) is 23.0 Å². The maximum atomic E-state index is 11.5. The summed E-state index contributed by atoms with van der Waals surface area (Å²) < 4.78 is 5.30. The van der Waals surface area contributed by atoms with E-state index in [-0.39, 0.29) is 5.76 Å². The first-order chi connectivity index (χ1) is 8.27. The summed E-state index contributed by atoms with van der Waals surface area (Å²) in [6, 6.07) is 9.81. The second-order valence-electron chi connectivity index (χ2n) is 3.65. The molecule has 0 saturated carbocycles. The number of carbonyl (C=O) groups excluding carboxylic acids is 1. The SMILES string of the molecule is CCc1c(-c2ccccc2)coc1C(=O)NN. The van der Waals surface area contributed by atoms with Gasteiger partial charge in [0.2, 0.25) is 0 Å². The first-order valence-corrected chi connectivity index (χ1v) is 5.44. The van der Waals surface area contributed by atoms with Gasteiger partial charge in [-0.2, -0.15) is 0 Å². The molecule has 0 aliphatic rings. The van der Waals surface area contributed by atoms with Crippen molar-refractivity contribution >= 4 is 5.91 Å². The van der Waals surface area contributed by atoms with Crippen LogP contribution in [0.25, 0.3) is 11.1 Å².